The molecule has 1 aromatic heterocycles. The van der Waals surface area contributed by atoms with Crippen LogP contribution in [0.4, 0.5) is 18.9 Å². The Morgan fingerprint density at radius 1 is 1.02 bits per heavy atom. The van der Waals surface area contributed by atoms with E-state index in [0.717, 1.165) is 33.3 Å². The van der Waals surface area contributed by atoms with Gasteiger partial charge in [0.1, 0.15) is 17.1 Å². The maximum absolute atomic E-state index is 13.2. The third-order valence-corrected chi connectivity index (χ3v) is 7.86. The number of para-hydroxylation sites is 1. The Hall–Kier alpha value is -4.60. The molecule has 2 aliphatic heterocycles. The third-order valence-electron chi connectivity index (χ3n) is 7.86. The summed E-state index contributed by atoms with van der Waals surface area (Å²) in [6.45, 7) is 4.58. The number of carbonyl (C=O) groups excluding carboxylic acids is 1. The van der Waals surface area contributed by atoms with Crippen LogP contribution in [0.3, 0.4) is 0 Å². The number of nitrogens with zero attached hydrogens (tertiary/aromatic N) is 2. The molecule has 1 saturated heterocycles. The maximum atomic E-state index is 13.2. The van der Waals surface area contributed by atoms with Gasteiger partial charge in [-0.3, -0.25) is 14.6 Å². The number of rotatable bonds is 4. The number of hydrogen-bond acceptors (Lipinski definition) is 5. The van der Waals surface area contributed by atoms with E-state index in [2.05, 4.69) is 31.0 Å². The van der Waals surface area contributed by atoms with Crippen molar-refractivity contribution in [3.8, 4) is 16.9 Å². The first-order chi connectivity index (χ1) is 19.5. The Kier molecular flexibility index (Phi) is 6.36. The van der Waals surface area contributed by atoms with Crippen LogP contribution in [0.1, 0.15) is 30.9 Å². The van der Waals surface area contributed by atoms with Gasteiger partial charge in [-0.2, -0.15) is 0 Å². The number of benzene rings is 3. The van der Waals surface area contributed by atoms with Crippen LogP contribution in [0.2, 0.25) is 0 Å². The van der Waals surface area contributed by atoms with Crippen molar-refractivity contribution in [2.75, 3.05) is 11.4 Å². The maximum Gasteiger partial charge on any atom is 0.573 e. The van der Waals surface area contributed by atoms with Crippen molar-refractivity contribution in [2.24, 2.45) is 4.99 Å². The fourth-order valence-electron chi connectivity index (χ4n) is 6.01. The number of hydrogen-bond donors (Lipinski definition) is 2. The molecule has 7 nitrogen and oxygen atoms in total. The summed E-state index contributed by atoms with van der Waals surface area (Å²) in [5, 5.41) is 3.66. The zero-order chi connectivity index (χ0) is 28.9. The highest BCUT2D eigenvalue weighted by Crippen LogP contribution is 2.39. The molecular weight excluding hydrogens is 533 g/mol. The van der Waals surface area contributed by atoms with Crippen LogP contribution < -0.4 is 20.5 Å². The number of halogens is 3. The van der Waals surface area contributed by atoms with Crippen molar-refractivity contribution in [2.45, 2.75) is 44.6 Å². The quantitative estimate of drug-likeness (QED) is 0.335. The van der Waals surface area contributed by atoms with Crippen LogP contribution in [0.15, 0.2) is 82.6 Å². The van der Waals surface area contributed by atoms with Crippen LogP contribution in [0, 0.1) is 6.92 Å². The van der Waals surface area contributed by atoms with Crippen LogP contribution in [0.25, 0.3) is 22.0 Å². The van der Waals surface area contributed by atoms with Gasteiger partial charge in [0.2, 0.25) is 5.56 Å². The highest BCUT2D eigenvalue weighted by atomic mass is 19.4. The molecule has 0 unspecified atom stereocenters. The second kappa shape index (κ2) is 9.79. The first kappa shape index (κ1) is 26.6. The highest BCUT2D eigenvalue weighted by Gasteiger charge is 2.48. The minimum absolute atomic E-state index is 0.0838. The lowest BCUT2D eigenvalue weighted by Crippen LogP contribution is -2.53. The van der Waals surface area contributed by atoms with E-state index < -0.39 is 17.7 Å². The Morgan fingerprint density at radius 2 is 1.83 bits per heavy atom. The number of aromatic amines is 1. The predicted molar refractivity (Wildman–Crippen MR) is 151 cm³/mol. The minimum Gasteiger partial charge on any atom is -0.405 e. The summed E-state index contributed by atoms with van der Waals surface area (Å²) in [6, 6.07) is 21.0. The van der Waals surface area contributed by atoms with Gasteiger partial charge in [0, 0.05) is 41.7 Å². The number of piperidine rings is 1. The highest BCUT2D eigenvalue weighted by molar-refractivity contribution is 6.16. The standard InChI is InChI=1S/C31H27F3N4O3/c1-18-10-12-24-22(11-13-26(39)35-24)27(18)20-6-5-7-21(16-20)38-15-14-30(17-19(38)2)29(40)36-28(37-30)23-8-3-4-9-25(23)41-31(32,33)34/h3-13,16,19H,14-15,17H2,1-2H3,(H,35,39)(H,36,37,40)/t19-,30+/m0/s1. The van der Waals surface area contributed by atoms with Gasteiger partial charge in [0.15, 0.2) is 0 Å². The van der Waals surface area contributed by atoms with Gasteiger partial charge in [-0.15, -0.1) is 13.2 Å². The minimum atomic E-state index is -4.87. The number of anilines is 1. The smallest absolute Gasteiger partial charge is 0.405 e. The van der Waals surface area contributed by atoms with E-state index in [1.54, 1.807) is 6.07 Å². The average Bonchev–Trinajstić information content (AvgIpc) is 3.23. The van der Waals surface area contributed by atoms with E-state index in [0.29, 0.717) is 19.4 Å². The zero-order valence-electron chi connectivity index (χ0n) is 22.4. The molecule has 0 aliphatic carbocycles. The monoisotopic (exact) mass is 560 g/mol. The number of amides is 1. The number of aryl methyl sites for hydroxylation is 1. The molecule has 210 valence electrons. The number of ether oxygens (including phenoxy) is 1. The van der Waals surface area contributed by atoms with Crippen LogP contribution in [-0.2, 0) is 4.79 Å². The molecule has 2 N–H and O–H groups in total. The molecule has 0 radical (unpaired) electrons. The van der Waals surface area contributed by atoms with Crippen molar-refractivity contribution in [1.29, 1.82) is 0 Å². The Bertz CT molecular complexity index is 1760. The molecule has 0 bridgehead atoms. The molecule has 2 aliphatic rings. The van der Waals surface area contributed by atoms with Crippen molar-refractivity contribution in [3.05, 3.63) is 94.3 Å². The van der Waals surface area contributed by atoms with Gasteiger partial charge < -0.3 is 19.9 Å². The largest absolute Gasteiger partial charge is 0.573 e. The summed E-state index contributed by atoms with van der Waals surface area (Å²) in [6.07, 6.45) is -4.08. The summed E-state index contributed by atoms with van der Waals surface area (Å²) in [5.74, 6) is -0.650. The SMILES string of the molecule is Cc1ccc2[nH]c(=O)ccc2c1-c1cccc(N2CC[C@]3(C[C@@H]2C)N=C(c2ccccc2OC(F)(F)F)NC3=O)c1. The summed E-state index contributed by atoms with van der Waals surface area (Å²) < 4.78 is 43.1. The first-order valence-electron chi connectivity index (χ1n) is 13.3. The van der Waals surface area contributed by atoms with Crippen LogP contribution in [0.5, 0.6) is 5.75 Å². The number of alkyl halides is 3. The van der Waals surface area contributed by atoms with Gasteiger partial charge in [-0.25, -0.2) is 0 Å². The van der Waals surface area contributed by atoms with E-state index in [-0.39, 0.29) is 28.9 Å². The number of nitrogens with one attached hydrogen (secondary N) is 2. The van der Waals surface area contributed by atoms with Gasteiger partial charge in [0.05, 0.1) is 5.56 Å². The van der Waals surface area contributed by atoms with Crippen molar-refractivity contribution in [3.63, 3.8) is 0 Å². The fourth-order valence-corrected chi connectivity index (χ4v) is 6.01. The van der Waals surface area contributed by atoms with Crippen molar-refractivity contribution >= 4 is 28.3 Å². The van der Waals surface area contributed by atoms with E-state index in [1.165, 1.54) is 24.3 Å². The molecule has 3 heterocycles. The number of aliphatic imine (C=N–C) groups is 1. The molecular formula is C31H27F3N4O3. The topological polar surface area (TPSA) is 86.8 Å². The number of amidine groups is 1. The predicted octanol–water partition coefficient (Wildman–Crippen LogP) is 5.71. The molecule has 3 aromatic carbocycles. The summed E-state index contributed by atoms with van der Waals surface area (Å²) >= 11 is 0. The zero-order valence-corrected chi connectivity index (χ0v) is 22.4. The molecule has 0 saturated carbocycles. The third kappa shape index (κ3) is 4.94. The average molecular weight is 561 g/mol. The van der Waals surface area contributed by atoms with E-state index >= 15 is 0 Å². The first-order valence-corrected chi connectivity index (χ1v) is 13.3. The van der Waals surface area contributed by atoms with E-state index in [9.17, 15) is 22.8 Å². The fraction of sp³-hybridized carbons (Fsp3) is 0.258. The normalized spacial score (nSPS) is 20.8. The summed E-state index contributed by atoms with van der Waals surface area (Å²) in [7, 11) is 0. The number of aromatic nitrogens is 1. The van der Waals surface area contributed by atoms with Crippen LogP contribution >= 0.6 is 0 Å². The van der Waals surface area contributed by atoms with Crippen molar-refractivity contribution < 1.29 is 22.7 Å². The molecule has 1 amide bonds. The number of carbonyl (C=O) groups is 1. The van der Waals surface area contributed by atoms with Gasteiger partial charge >= 0.3 is 6.36 Å². The van der Waals surface area contributed by atoms with E-state index in [1.807, 2.05) is 50.2 Å². The number of H-pyrrole nitrogens is 1. The number of pyridine rings is 1. The summed E-state index contributed by atoms with van der Waals surface area (Å²) in [5.41, 5.74) is 3.71. The molecule has 1 fully saturated rings. The Morgan fingerprint density at radius 3 is 2.61 bits per heavy atom. The molecule has 2 atom stereocenters. The summed E-state index contributed by atoms with van der Waals surface area (Å²) in [4.78, 5) is 34.9. The molecule has 6 rings (SSSR count). The van der Waals surface area contributed by atoms with Gasteiger partial charge in [0.25, 0.3) is 5.91 Å². The van der Waals surface area contributed by atoms with E-state index in [4.69, 9.17) is 0 Å². The lowest BCUT2D eigenvalue weighted by atomic mass is 9.83. The molecule has 41 heavy (non-hydrogen) atoms. The Labute approximate surface area is 233 Å². The lowest BCUT2D eigenvalue weighted by Gasteiger charge is -2.42. The van der Waals surface area contributed by atoms with Gasteiger partial charge in [-0.05, 0) is 73.4 Å². The lowest BCUT2D eigenvalue weighted by molar-refractivity contribution is -0.274. The molecule has 1 spiro atoms. The Balaban J connectivity index is 1.29. The van der Waals surface area contributed by atoms with Crippen LogP contribution in [-0.4, -0.2) is 41.2 Å². The second-order valence-corrected chi connectivity index (χ2v) is 10.6. The second-order valence-electron chi connectivity index (χ2n) is 10.6. The van der Waals surface area contributed by atoms with Crippen molar-refractivity contribution in [1.82, 2.24) is 10.3 Å². The molecule has 4 aromatic rings. The molecule has 10 heteroatoms. The van der Waals surface area contributed by atoms with Gasteiger partial charge in [-0.1, -0.05) is 30.3 Å². The number of fused-ring (bicyclic) bond motifs is 1.